The second-order valence-corrected chi connectivity index (χ2v) is 8.07. The van der Waals surface area contributed by atoms with Crippen LogP contribution in [0.1, 0.15) is 5.82 Å². The summed E-state index contributed by atoms with van der Waals surface area (Å²) < 4.78 is 47.8. The number of ether oxygens (including phenoxy) is 1. The van der Waals surface area contributed by atoms with E-state index in [-0.39, 0.29) is 17.5 Å². The zero-order chi connectivity index (χ0) is 18.9. The summed E-state index contributed by atoms with van der Waals surface area (Å²) in [4.78, 5) is 4.61. The molecule has 1 N–H and O–H groups in total. The van der Waals surface area contributed by atoms with E-state index in [1.54, 1.807) is 0 Å². The molecule has 6 nitrogen and oxygen atoms in total. The highest BCUT2D eigenvalue weighted by Gasteiger charge is 2.23. The van der Waals surface area contributed by atoms with E-state index in [9.17, 15) is 12.8 Å². The van der Waals surface area contributed by atoms with Crippen molar-refractivity contribution in [2.45, 2.75) is 24.2 Å². The lowest BCUT2D eigenvalue weighted by molar-refractivity contribution is 0.00586. The number of fused-ring (bicyclic) bond motifs is 1. The molecule has 0 radical (unpaired) electrons. The van der Waals surface area contributed by atoms with Crippen LogP contribution in [-0.2, 0) is 27.9 Å². The Morgan fingerprint density at radius 2 is 1.89 bits per heavy atom. The van der Waals surface area contributed by atoms with E-state index >= 15 is 0 Å². The first kappa shape index (κ1) is 17.8. The Kier molecular flexibility index (Phi) is 4.77. The summed E-state index contributed by atoms with van der Waals surface area (Å²) in [7, 11) is -3.71. The van der Waals surface area contributed by atoms with Gasteiger partial charge in [-0.2, -0.15) is 0 Å². The lowest BCUT2D eigenvalue weighted by Crippen LogP contribution is -2.38. The summed E-state index contributed by atoms with van der Waals surface area (Å²) >= 11 is 0. The lowest BCUT2D eigenvalue weighted by Gasteiger charge is -2.24. The van der Waals surface area contributed by atoms with Crippen LogP contribution >= 0.6 is 0 Å². The smallest absolute Gasteiger partial charge is 0.240 e. The van der Waals surface area contributed by atoms with Gasteiger partial charge in [0, 0.05) is 18.3 Å². The number of imidazole rings is 1. The minimum atomic E-state index is -3.71. The van der Waals surface area contributed by atoms with Crippen molar-refractivity contribution in [1.29, 1.82) is 0 Å². The lowest BCUT2D eigenvalue weighted by atomic mass is 10.2. The van der Waals surface area contributed by atoms with Crippen LogP contribution in [0.25, 0.3) is 11.3 Å². The number of benzene rings is 2. The maximum absolute atomic E-state index is 13.0. The molecule has 27 heavy (non-hydrogen) atoms. The van der Waals surface area contributed by atoms with Crippen LogP contribution in [0, 0.1) is 5.82 Å². The molecular formula is C19H18FN3O3S. The van der Waals surface area contributed by atoms with Gasteiger partial charge in [-0.3, -0.25) is 0 Å². The second-order valence-electron chi connectivity index (χ2n) is 6.30. The summed E-state index contributed by atoms with van der Waals surface area (Å²) in [6.45, 7) is 0.939. The van der Waals surface area contributed by atoms with Gasteiger partial charge in [0.25, 0.3) is 0 Å². The van der Waals surface area contributed by atoms with Gasteiger partial charge in [-0.05, 0) is 24.3 Å². The fourth-order valence-corrected chi connectivity index (χ4v) is 4.03. The van der Waals surface area contributed by atoms with Gasteiger partial charge in [-0.25, -0.2) is 22.5 Å². The Bertz CT molecular complexity index is 1030. The SMILES string of the molecule is O=S(=O)(NC[C@H]1Cn2cc(-c3ccccc3)nc2CO1)c1ccc(F)cc1. The predicted molar refractivity (Wildman–Crippen MR) is 97.8 cm³/mol. The molecular weight excluding hydrogens is 369 g/mol. The van der Waals surface area contributed by atoms with Crippen molar-refractivity contribution in [2.24, 2.45) is 0 Å². The highest BCUT2D eigenvalue weighted by Crippen LogP contribution is 2.22. The van der Waals surface area contributed by atoms with Crippen LogP contribution in [0.5, 0.6) is 0 Å². The predicted octanol–water partition coefficient (Wildman–Crippen LogP) is 2.57. The topological polar surface area (TPSA) is 73.2 Å². The van der Waals surface area contributed by atoms with Crippen LogP contribution < -0.4 is 4.72 Å². The Labute approximate surface area is 156 Å². The van der Waals surface area contributed by atoms with Crippen LogP contribution in [0.15, 0.2) is 65.7 Å². The minimum Gasteiger partial charge on any atom is -0.367 e. The molecule has 0 fully saturated rings. The molecule has 4 rings (SSSR count). The molecule has 1 atom stereocenters. The van der Waals surface area contributed by atoms with Crippen molar-refractivity contribution < 1.29 is 17.5 Å². The van der Waals surface area contributed by atoms with E-state index in [1.165, 1.54) is 12.1 Å². The van der Waals surface area contributed by atoms with Crippen molar-refractivity contribution in [3.05, 3.63) is 72.4 Å². The maximum Gasteiger partial charge on any atom is 0.240 e. The van der Waals surface area contributed by atoms with Gasteiger partial charge in [0.15, 0.2) is 0 Å². The fraction of sp³-hybridized carbons (Fsp3) is 0.211. The summed E-state index contributed by atoms with van der Waals surface area (Å²) in [6, 6.07) is 14.6. The average molecular weight is 387 g/mol. The van der Waals surface area contributed by atoms with Gasteiger partial charge < -0.3 is 9.30 Å². The van der Waals surface area contributed by atoms with Gasteiger partial charge >= 0.3 is 0 Å². The van der Waals surface area contributed by atoms with Crippen molar-refractivity contribution >= 4 is 10.0 Å². The zero-order valence-corrected chi connectivity index (χ0v) is 15.2. The number of nitrogens with zero attached hydrogens (tertiary/aromatic N) is 2. The Morgan fingerprint density at radius 3 is 2.63 bits per heavy atom. The van der Waals surface area contributed by atoms with E-state index in [1.807, 2.05) is 41.1 Å². The van der Waals surface area contributed by atoms with Crippen LogP contribution in [0.3, 0.4) is 0 Å². The molecule has 2 heterocycles. The number of halogens is 1. The van der Waals surface area contributed by atoms with E-state index < -0.39 is 15.8 Å². The van der Waals surface area contributed by atoms with Gasteiger partial charge in [0.1, 0.15) is 18.2 Å². The molecule has 0 saturated heterocycles. The largest absolute Gasteiger partial charge is 0.367 e. The van der Waals surface area contributed by atoms with Crippen molar-refractivity contribution in [1.82, 2.24) is 14.3 Å². The Hall–Kier alpha value is -2.55. The summed E-state index contributed by atoms with van der Waals surface area (Å²) in [6.07, 6.45) is 1.64. The second kappa shape index (κ2) is 7.22. The monoisotopic (exact) mass is 387 g/mol. The highest BCUT2D eigenvalue weighted by atomic mass is 32.2. The Morgan fingerprint density at radius 1 is 1.15 bits per heavy atom. The Balaban J connectivity index is 1.43. The number of hydrogen-bond donors (Lipinski definition) is 1. The van der Waals surface area contributed by atoms with Crippen LogP contribution in [-0.4, -0.2) is 30.6 Å². The number of aromatic nitrogens is 2. The van der Waals surface area contributed by atoms with E-state index in [2.05, 4.69) is 9.71 Å². The molecule has 1 aliphatic rings. The normalized spacial score (nSPS) is 16.9. The third-order valence-electron chi connectivity index (χ3n) is 4.40. The summed E-state index contributed by atoms with van der Waals surface area (Å²) in [5.74, 6) is 0.331. The number of hydrogen-bond acceptors (Lipinski definition) is 4. The standard InChI is InChI=1S/C19H18FN3O3S/c20-15-6-8-17(9-7-15)27(24,25)21-10-16-11-23-12-18(22-19(23)13-26-16)14-4-2-1-3-5-14/h1-9,12,16,21H,10-11,13H2/t16-/m0/s1. The minimum absolute atomic E-state index is 0.0226. The van der Waals surface area contributed by atoms with Crippen molar-refractivity contribution in [3.63, 3.8) is 0 Å². The first-order valence-electron chi connectivity index (χ1n) is 8.49. The maximum atomic E-state index is 13.0. The molecule has 0 bridgehead atoms. The van der Waals surface area contributed by atoms with Crippen LogP contribution in [0.2, 0.25) is 0 Å². The average Bonchev–Trinajstić information content (AvgIpc) is 3.11. The molecule has 1 aromatic heterocycles. The number of nitrogens with one attached hydrogen (secondary N) is 1. The van der Waals surface area contributed by atoms with Gasteiger partial charge in [-0.15, -0.1) is 0 Å². The van der Waals surface area contributed by atoms with E-state index in [0.29, 0.717) is 13.2 Å². The fourth-order valence-electron chi connectivity index (χ4n) is 2.96. The highest BCUT2D eigenvalue weighted by molar-refractivity contribution is 7.89. The quantitative estimate of drug-likeness (QED) is 0.730. The molecule has 8 heteroatoms. The van der Waals surface area contributed by atoms with Crippen molar-refractivity contribution in [2.75, 3.05) is 6.54 Å². The van der Waals surface area contributed by atoms with Crippen LogP contribution in [0.4, 0.5) is 4.39 Å². The number of rotatable bonds is 5. The molecule has 1 aliphatic heterocycles. The molecule has 0 aliphatic carbocycles. The first-order valence-corrected chi connectivity index (χ1v) is 9.98. The van der Waals surface area contributed by atoms with Gasteiger partial charge in [0.2, 0.25) is 10.0 Å². The van der Waals surface area contributed by atoms with E-state index in [0.717, 1.165) is 29.2 Å². The third kappa shape index (κ3) is 3.92. The molecule has 0 spiro atoms. The molecule has 0 unspecified atom stereocenters. The summed E-state index contributed by atoms with van der Waals surface area (Å²) in [5, 5.41) is 0. The third-order valence-corrected chi connectivity index (χ3v) is 5.84. The molecule has 0 saturated carbocycles. The van der Waals surface area contributed by atoms with Gasteiger partial charge in [-0.1, -0.05) is 30.3 Å². The van der Waals surface area contributed by atoms with Gasteiger partial charge in [0.05, 0.1) is 23.2 Å². The molecule has 2 aromatic carbocycles. The van der Waals surface area contributed by atoms with E-state index in [4.69, 9.17) is 4.74 Å². The zero-order valence-electron chi connectivity index (χ0n) is 14.4. The first-order chi connectivity index (χ1) is 13.0. The molecule has 0 amide bonds. The summed E-state index contributed by atoms with van der Waals surface area (Å²) in [5.41, 5.74) is 1.88. The van der Waals surface area contributed by atoms with Crippen molar-refractivity contribution in [3.8, 4) is 11.3 Å². The molecule has 3 aromatic rings. The number of sulfonamides is 1. The molecule has 140 valence electrons.